The number of pyridine rings is 1. The number of carbonyl (C=O) groups excluding carboxylic acids is 1. The molecule has 178 valence electrons. The number of fused-ring (bicyclic) bond motifs is 1. The summed E-state index contributed by atoms with van der Waals surface area (Å²) < 4.78 is 3.00. The Labute approximate surface area is 207 Å². The first-order valence-corrected chi connectivity index (χ1v) is 12.8. The van der Waals surface area contributed by atoms with Gasteiger partial charge in [0.15, 0.2) is 5.82 Å². The van der Waals surface area contributed by atoms with Gasteiger partial charge in [0.05, 0.1) is 33.3 Å². The molecule has 1 saturated carbocycles. The molecule has 0 bridgehead atoms. The van der Waals surface area contributed by atoms with Gasteiger partial charge >= 0.3 is 0 Å². The van der Waals surface area contributed by atoms with Crippen molar-refractivity contribution in [2.24, 2.45) is 5.41 Å². The molecular weight excluding hydrogens is 470 g/mol. The van der Waals surface area contributed by atoms with Crippen molar-refractivity contribution >= 4 is 39.9 Å². The van der Waals surface area contributed by atoms with Crippen molar-refractivity contribution in [3.8, 4) is 5.82 Å². The van der Waals surface area contributed by atoms with Crippen molar-refractivity contribution in [1.29, 1.82) is 0 Å². The minimum Gasteiger partial charge on any atom is -0.349 e. The maximum absolute atomic E-state index is 12.8. The van der Waals surface area contributed by atoms with Crippen molar-refractivity contribution in [1.82, 2.24) is 34.8 Å². The van der Waals surface area contributed by atoms with Crippen molar-refractivity contribution in [3.05, 3.63) is 51.8 Å². The summed E-state index contributed by atoms with van der Waals surface area (Å²) in [5.74, 6) is 1.66. The molecule has 8 nitrogen and oxygen atoms in total. The highest BCUT2D eigenvalue weighted by atomic mass is 35.5. The lowest BCUT2D eigenvalue weighted by Crippen LogP contribution is -2.39. The number of hydrogen-bond donors (Lipinski definition) is 1. The summed E-state index contributed by atoms with van der Waals surface area (Å²) in [6.07, 6.45) is 9.83. The second-order valence-electron chi connectivity index (χ2n) is 10.1. The van der Waals surface area contributed by atoms with Crippen molar-refractivity contribution < 1.29 is 4.79 Å². The van der Waals surface area contributed by atoms with Gasteiger partial charge in [-0.15, -0.1) is 16.1 Å². The molecule has 2 unspecified atom stereocenters. The zero-order valence-corrected chi connectivity index (χ0v) is 21.1. The molecule has 1 amide bonds. The monoisotopic (exact) mass is 497 g/mol. The maximum Gasteiger partial charge on any atom is 0.261 e. The van der Waals surface area contributed by atoms with Crippen LogP contribution in [-0.2, 0) is 6.42 Å². The Kier molecular flexibility index (Phi) is 6.16. The number of nitrogens with zero attached hydrogens (tertiary/aromatic N) is 6. The van der Waals surface area contributed by atoms with Gasteiger partial charge < -0.3 is 9.88 Å². The number of carbonyl (C=O) groups is 1. The third kappa shape index (κ3) is 4.86. The number of amides is 1. The van der Waals surface area contributed by atoms with E-state index in [4.69, 9.17) is 16.6 Å². The average molecular weight is 498 g/mol. The summed E-state index contributed by atoms with van der Waals surface area (Å²) >= 11 is 7.34. The third-order valence-electron chi connectivity index (χ3n) is 6.09. The van der Waals surface area contributed by atoms with Gasteiger partial charge in [0.1, 0.15) is 11.3 Å². The van der Waals surface area contributed by atoms with Crippen LogP contribution in [0.3, 0.4) is 0 Å². The van der Waals surface area contributed by atoms with E-state index < -0.39 is 0 Å². The summed E-state index contributed by atoms with van der Waals surface area (Å²) in [7, 11) is 0. The molecule has 10 heteroatoms. The average Bonchev–Trinajstić information content (AvgIpc) is 3.52. The highest BCUT2D eigenvalue weighted by molar-refractivity contribution is 7.18. The van der Waals surface area contributed by atoms with Crippen LogP contribution in [0.2, 0.25) is 4.34 Å². The predicted octanol–water partition coefficient (Wildman–Crippen LogP) is 5.23. The number of nitrogens with one attached hydrogen (secondary N) is 1. The SMILES string of the molecule is CC(C)(C)Cc1nc2cnc(-n3nccn3)cc2n1C1CCCC(NC(=O)c2ccc(Cl)s2)C1. The minimum atomic E-state index is -0.0517. The van der Waals surface area contributed by atoms with E-state index in [2.05, 4.69) is 45.8 Å². The zero-order valence-electron chi connectivity index (χ0n) is 19.5. The Morgan fingerprint density at radius 2 is 2.03 bits per heavy atom. The summed E-state index contributed by atoms with van der Waals surface area (Å²) in [4.78, 5) is 24.4. The van der Waals surface area contributed by atoms with Crippen molar-refractivity contribution in [3.63, 3.8) is 0 Å². The zero-order chi connectivity index (χ0) is 23.9. The van der Waals surface area contributed by atoms with Gasteiger partial charge in [-0.3, -0.25) is 4.79 Å². The fourth-order valence-electron chi connectivity index (χ4n) is 4.71. The van der Waals surface area contributed by atoms with Crippen LogP contribution in [0, 0.1) is 5.41 Å². The van der Waals surface area contributed by atoms with Gasteiger partial charge in [0, 0.05) is 24.6 Å². The first-order chi connectivity index (χ1) is 16.3. The van der Waals surface area contributed by atoms with E-state index in [1.54, 1.807) is 30.7 Å². The molecule has 1 aliphatic rings. The molecule has 1 N–H and O–H groups in total. The summed E-state index contributed by atoms with van der Waals surface area (Å²) in [5.41, 5.74) is 1.98. The largest absolute Gasteiger partial charge is 0.349 e. The van der Waals surface area contributed by atoms with Gasteiger partial charge in [-0.2, -0.15) is 10.2 Å². The molecule has 4 heterocycles. The maximum atomic E-state index is 12.8. The van der Waals surface area contributed by atoms with Crippen LogP contribution in [0.5, 0.6) is 0 Å². The van der Waals surface area contributed by atoms with E-state index in [9.17, 15) is 4.79 Å². The molecule has 2 atom stereocenters. The van der Waals surface area contributed by atoms with E-state index in [1.807, 2.05) is 6.07 Å². The lowest BCUT2D eigenvalue weighted by molar-refractivity contribution is 0.0925. The fourth-order valence-corrected chi connectivity index (χ4v) is 5.66. The first-order valence-electron chi connectivity index (χ1n) is 11.6. The van der Waals surface area contributed by atoms with Gasteiger partial charge in [-0.25, -0.2) is 9.97 Å². The topological polar surface area (TPSA) is 90.5 Å². The second kappa shape index (κ2) is 9.11. The number of aromatic nitrogens is 6. The van der Waals surface area contributed by atoms with E-state index in [0.717, 1.165) is 49.0 Å². The molecule has 34 heavy (non-hydrogen) atoms. The first kappa shape index (κ1) is 23.0. The van der Waals surface area contributed by atoms with Gasteiger partial charge in [-0.05, 0) is 43.2 Å². The Balaban J connectivity index is 1.48. The molecule has 0 radical (unpaired) electrons. The Bertz CT molecular complexity index is 1300. The quantitative estimate of drug-likeness (QED) is 0.407. The second-order valence-corrected chi connectivity index (χ2v) is 11.8. The van der Waals surface area contributed by atoms with E-state index in [0.29, 0.717) is 15.0 Å². The normalized spacial score (nSPS) is 18.9. The van der Waals surface area contributed by atoms with E-state index in [1.165, 1.54) is 16.1 Å². The molecule has 1 aliphatic carbocycles. The van der Waals surface area contributed by atoms with Crippen LogP contribution in [0.4, 0.5) is 0 Å². The highest BCUT2D eigenvalue weighted by Crippen LogP contribution is 2.35. The van der Waals surface area contributed by atoms with E-state index in [-0.39, 0.29) is 23.4 Å². The van der Waals surface area contributed by atoms with Crippen LogP contribution in [0.15, 0.2) is 36.8 Å². The van der Waals surface area contributed by atoms with Crippen LogP contribution in [0.25, 0.3) is 16.9 Å². The molecular formula is C24H28ClN7OS. The molecule has 4 aromatic rings. The van der Waals surface area contributed by atoms with Crippen LogP contribution >= 0.6 is 22.9 Å². The number of halogens is 1. The lowest BCUT2D eigenvalue weighted by Gasteiger charge is -2.32. The van der Waals surface area contributed by atoms with Gasteiger partial charge in [0.2, 0.25) is 0 Å². The van der Waals surface area contributed by atoms with Gasteiger partial charge in [0.25, 0.3) is 5.91 Å². The fraction of sp³-hybridized carbons (Fsp3) is 0.458. The lowest BCUT2D eigenvalue weighted by atomic mass is 9.89. The number of imidazole rings is 1. The molecule has 1 fully saturated rings. The standard InChI is InChI=1S/C24H28ClN7OS/c1-24(2,3)13-22-30-17-14-26-21(32-27-9-10-28-32)12-18(17)31(22)16-6-4-5-15(11-16)29-23(33)19-7-8-20(25)34-19/h7-10,12,14-16H,4-6,11,13H2,1-3H3,(H,29,33). The Morgan fingerprint density at radius 3 is 2.74 bits per heavy atom. The number of thiophene rings is 1. The summed E-state index contributed by atoms with van der Waals surface area (Å²) in [6, 6.07) is 5.90. The van der Waals surface area contributed by atoms with Crippen molar-refractivity contribution in [2.45, 2.75) is 65.0 Å². The van der Waals surface area contributed by atoms with Crippen molar-refractivity contribution in [2.75, 3.05) is 0 Å². The smallest absolute Gasteiger partial charge is 0.261 e. The molecule has 0 aromatic carbocycles. The van der Waals surface area contributed by atoms with Gasteiger partial charge in [-0.1, -0.05) is 32.4 Å². The Morgan fingerprint density at radius 1 is 1.24 bits per heavy atom. The summed E-state index contributed by atoms with van der Waals surface area (Å²) in [6.45, 7) is 6.68. The molecule has 0 spiro atoms. The van der Waals surface area contributed by atoms with Crippen LogP contribution < -0.4 is 5.32 Å². The molecule has 0 aliphatic heterocycles. The number of hydrogen-bond acceptors (Lipinski definition) is 6. The molecule has 4 aromatic heterocycles. The van der Waals surface area contributed by atoms with Crippen LogP contribution in [-0.4, -0.2) is 41.5 Å². The summed E-state index contributed by atoms with van der Waals surface area (Å²) in [5, 5.41) is 11.7. The Hall–Kier alpha value is -2.78. The minimum absolute atomic E-state index is 0.0517. The predicted molar refractivity (Wildman–Crippen MR) is 134 cm³/mol. The third-order valence-corrected chi connectivity index (χ3v) is 7.32. The molecule has 5 rings (SSSR count). The van der Waals surface area contributed by atoms with Crippen LogP contribution in [0.1, 0.15) is 68.0 Å². The molecule has 0 saturated heterocycles. The highest BCUT2D eigenvalue weighted by Gasteiger charge is 2.29. The number of rotatable bonds is 5. The van der Waals surface area contributed by atoms with E-state index >= 15 is 0 Å².